The molecule has 102 valence electrons. The lowest BCUT2D eigenvalue weighted by Gasteiger charge is -2.06. The molecular formula is C15H13FN2OS. The van der Waals surface area contributed by atoms with Gasteiger partial charge in [0.25, 0.3) is 5.91 Å². The fourth-order valence-corrected chi connectivity index (χ4v) is 2.45. The number of anilines is 1. The van der Waals surface area contributed by atoms with Gasteiger partial charge in [0.05, 0.1) is 17.1 Å². The standard InChI is InChI=1S/C15H13FN2OS/c1-10-6-8-20-14(10)15(19)18-13-5-4-11(3-2-7-17)9-12(13)16/h4-6,8-9H,7,17H2,1H3,(H,18,19). The molecule has 20 heavy (non-hydrogen) atoms. The van der Waals surface area contributed by atoms with E-state index in [1.54, 1.807) is 6.07 Å². The molecule has 2 rings (SSSR count). The second kappa shape index (κ2) is 6.33. The first-order valence-corrected chi connectivity index (χ1v) is 6.83. The molecule has 0 atom stereocenters. The molecular weight excluding hydrogens is 275 g/mol. The van der Waals surface area contributed by atoms with E-state index < -0.39 is 5.82 Å². The lowest BCUT2D eigenvalue weighted by Crippen LogP contribution is -2.12. The Kier molecular flexibility index (Phi) is 4.51. The Morgan fingerprint density at radius 2 is 2.25 bits per heavy atom. The molecule has 0 fully saturated rings. The van der Waals surface area contributed by atoms with Crippen molar-refractivity contribution in [2.45, 2.75) is 6.92 Å². The third-order valence-electron chi connectivity index (χ3n) is 2.62. The predicted octanol–water partition coefficient (Wildman–Crippen LogP) is 2.76. The third kappa shape index (κ3) is 3.23. The Morgan fingerprint density at radius 1 is 1.45 bits per heavy atom. The van der Waals surface area contributed by atoms with Gasteiger partial charge in [-0.05, 0) is 42.1 Å². The van der Waals surface area contributed by atoms with Crippen molar-refractivity contribution in [1.82, 2.24) is 0 Å². The molecule has 0 bridgehead atoms. The third-order valence-corrected chi connectivity index (χ3v) is 3.64. The molecule has 0 saturated carbocycles. The number of carbonyl (C=O) groups excluding carboxylic acids is 1. The summed E-state index contributed by atoms with van der Waals surface area (Å²) in [6, 6.07) is 6.26. The van der Waals surface area contributed by atoms with Crippen molar-refractivity contribution in [2.75, 3.05) is 11.9 Å². The van der Waals surface area contributed by atoms with E-state index >= 15 is 0 Å². The Balaban J connectivity index is 2.18. The summed E-state index contributed by atoms with van der Waals surface area (Å²) in [6.45, 7) is 2.06. The van der Waals surface area contributed by atoms with E-state index in [1.165, 1.54) is 23.5 Å². The van der Waals surface area contributed by atoms with Gasteiger partial charge >= 0.3 is 0 Å². The lowest BCUT2D eigenvalue weighted by molar-refractivity contribution is 0.102. The van der Waals surface area contributed by atoms with Gasteiger partial charge in [0, 0.05) is 5.56 Å². The molecule has 3 nitrogen and oxygen atoms in total. The minimum Gasteiger partial charge on any atom is -0.320 e. The second-order valence-electron chi connectivity index (χ2n) is 4.09. The van der Waals surface area contributed by atoms with Crippen LogP contribution in [0.1, 0.15) is 20.8 Å². The molecule has 0 aliphatic rings. The van der Waals surface area contributed by atoms with E-state index in [1.807, 2.05) is 18.4 Å². The number of rotatable bonds is 2. The summed E-state index contributed by atoms with van der Waals surface area (Å²) in [6.07, 6.45) is 0. The molecule has 5 heteroatoms. The van der Waals surface area contributed by atoms with Gasteiger partial charge in [-0.25, -0.2) is 4.39 Å². The summed E-state index contributed by atoms with van der Waals surface area (Å²) in [5.41, 5.74) is 6.79. The quantitative estimate of drug-likeness (QED) is 0.835. The molecule has 2 aromatic rings. The number of hydrogen-bond acceptors (Lipinski definition) is 3. The number of nitrogens with one attached hydrogen (secondary N) is 1. The van der Waals surface area contributed by atoms with Gasteiger partial charge in [-0.2, -0.15) is 0 Å². The maximum Gasteiger partial charge on any atom is 0.266 e. The van der Waals surface area contributed by atoms with E-state index in [4.69, 9.17) is 5.73 Å². The van der Waals surface area contributed by atoms with E-state index in [0.29, 0.717) is 10.4 Å². The van der Waals surface area contributed by atoms with Crippen LogP contribution in [0.4, 0.5) is 10.1 Å². The van der Waals surface area contributed by atoms with Gasteiger partial charge in [-0.15, -0.1) is 11.3 Å². The van der Waals surface area contributed by atoms with Gasteiger partial charge in [0.2, 0.25) is 0 Å². The van der Waals surface area contributed by atoms with E-state index in [-0.39, 0.29) is 18.1 Å². The maximum absolute atomic E-state index is 13.9. The number of nitrogens with two attached hydrogens (primary N) is 1. The first-order chi connectivity index (χ1) is 9.61. The Hall–Kier alpha value is -2.16. The summed E-state index contributed by atoms with van der Waals surface area (Å²) < 4.78 is 13.9. The first-order valence-electron chi connectivity index (χ1n) is 5.95. The molecule has 3 N–H and O–H groups in total. The summed E-state index contributed by atoms with van der Waals surface area (Å²) in [5, 5.41) is 4.39. The van der Waals surface area contributed by atoms with Crippen LogP contribution >= 0.6 is 11.3 Å². The van der Waals surface area contributed by atoms with Crippen LogP contribution < -0.4 is 11.1 Å². The first kappa shape index (κ1) is 14.3. The van der Waals surface area contributed by atoms with Gasteiger partial charge < -0.3 is 11.1 Å². The Bertz CT molecular complexity index is 697. The fourth-order valence-electron chi connectivity index (χ4n) is 1.63. The van der Waals surface area contributed by atoms with E-state index in [0.717, 1.165) is 5.56 Å². The molecule has 1 aromatic carbocycles. The zero-order valence-corrected chi connectivity index (χ0v) is 11.7. The number of aryl methyl sites for hydroxylation is 1. The lowest BCUT2D eigenvalue weighted by atomic mass is 10.2. The van der Waals surface area contributed by atoms with Crippen molar-refractivity contribution < 1.29 is 9.18 Å². The molecule has 0 aliphatic carbocycles. The van der Waals surface area contributed by atoms with Crippen LogP contribution in [0.25, 0.3) is 0 Å². The normalized spacial score (nSPS) is 9.75. The molecule has 1 amide bonds. The number of hydrogen-bond donors (Lipinski definition) is 2. The van der Waals surface area contributed by atoms with Crippen LogP contribution in [-0.4, -0.2) is 12.5 Å². The number of carbonyl (C=O) groups is 1. The highest BCUT2D eigenvalue weighted by Crippen LogP contribution is 2.20. The summed E-state index contributed by atoms with van der Waals surface area (Å²) >= 11 is 1.33. The molecule has 0 aliphatic heterocycles. The minimum atomic E-state index is -0.517. The second-order valence-corrected chi connectivity index (χ2v) is 5.00. The van der Waals surface area contributed by atoms with Crippen LogP contribution in [0.5, 0.6) is 0 Å². The smallest absolute Gasteiger partial charge is 0.266 e. The molecule has 0 unspecified atom stereocenters. The van der Waals surface area contributed by atoms with Crippen molar-refractivity contribution in [2.24, 2.45) is 5.73 Å². The van der Waals surface area contributed by atoms with Crippen molar-refractivity contribution in [1.29, 1.82) is 0 Å². The molecule has 1 aromatic heterocycles. The Labute approximate surface area is 120 Å². The average molecular weight is 288 g/mol. The summed E-state index contributed by atoms with van der Waals surface area (Å²) in [5.74, 6) is 4.56. The molecule has 0 spiro atoms. The van der Waals surface area contributed by atoms with Crippen molar-refractivity contribution in [3.8, 4) is 11.8 Å². The highest BCUT2D eigenvalue weighted by molar-refractivity contribution is 7.12. The van der Waals surface area contributed by atoms with Gasteiger partial charge in [-0.3, -0.25) is 4.79 Å². The summed E-state index contributed by atoms with van der Waals surface area (Å²) in [4.78, 5) is 12.6. The van der Waals surface area contributed by atoms with Crippen molar-refractivity contribution in [3.05, 3.63) is 51.5 Å². The van der Waals surface area contributed by atoms with E-state index in [2.05, 4.69) is 17.2 Å². The highest BCUT2D eigenvalue weighted by Gasteiger charge is 2.12. The van der Waals surface area contributed by atoms with Crippen molar-refractivity contribution in [3.63, 3.8) is 0 Å². The van der Waals surface area contributed by atoms with Gasteiger partial charge in [-0.1, -0.05) is 11.8 Å². The zero-order valence-electron chi connectivity index (χ0n) is 10.9. The largest absolute Gasteiger partial charge is 0.320 e. The van der Waals surface area contributed by atoms with Gasteiger partial charge in [0.1, 0.15) is 5.82 Å². The molecule has 0 radical (unpaired) electrons. The number of thiophene rings is 1. The number of amides is 1. The fraction of sp³-hybridized carbons (Fsp3) is 0.133. The van der Waals surface area contributed by atoms with Crippen LogP contribution in [0.3, 0.4) is 0 Å². The SMILES string of the molecule is Cc1ccsc1C(=O)Nc1ccc(C#CCN)cc1F. The van der Waals surface area contributed by atoms with Crippen LogP contribution in [0.2, 0.25) is 0 Å². The zero-order chi connectivity index (χ0) is 14.5. The van der Waals surface area contributed by atoms with Crippen LogP contribution in [0, 0.1) is 24.6 Å². The topological polar surface area (TPSA) is 55.1 Å². The minimum absolute atomic E-state index is 0.140. The summed E-state index contributed by atoms with van der Waals surface area (Å²) in [7, 11) is 0. The monoisotopic (exact) mass is 288 g/mol. The Morgan fingerprint density at radius 3 is 2.85 bits per heavy atom. The van der Waals surface area contributed by atoms with Crippen LogP contribution in [-0.2, 0) is 0 Å². The van der Waals surface area contributed by atoms with Crippen molar-refractivity contribution >= 4 is 22.9 Å². The number of benzene rings is 1. The maximum atomic E-state index is 13.9. The molecule has 0 saturated heterocycles. The number of halogens is 1. The van der Waals surface area contributed by atoms with Crippen LogP contribution in [0.15, 0.2) is 29.6 Å². The highest BCUT2D eigenvalue weighted by atomic mass is 32.1. The average Bonchev–Trinajstić information content (AvgIpc) is 2.85. The van der Waals surface area contributed by atoms with Gasteiger partial charge in [0.15, 0.2) is 0 Å². The van der Waals surface area contributed by atoms with E-state index in [9.17, 15) is 9.18 Å². The predicted molar refractivity (Wildman–Crippen MR) is 79.3 cm³/mol. The molecule has 1 heterocycles.